The Hall–Kier alpha value is -5.67. The van der Waals surface area contributed by atoms with Crippen LogP contribution in [0.2, 0.25) is 0 Å². The first kappa shape index (κ1) is 30.8. The van der Waals surface area contributed by atoms with Gasteiger partial charge >= 0.3 is 5.97 Å². The first-order chi connectivity index (χ1) is 21.7. The van der Waals surface area contributed by atoms with Crippen LogP contribution in [0.15, 0.2) is 136 Å². The van der Waals surface area contributed by atoms with Crippen molar-refractivity contribution in [2.45, 2.75) is 23.6 Å². The van der Waals surface area contributed by atoms with Crippen LogP contribution in [-0.4, -0.2) is 28.2 Å². The van der Waals surface area contributed by atoms with Gasteiger partial charge in [0.2, 0.25) is 5.78 Å². The van der Waals surface area contributed by atoms with Crippen LogP contribution in [0.5, 0.6) is 0 Å². The van der Waals surface area contributed by atoms with Gasteiger partial charge in [0.25, 0.3) is 5.69 Å². The number of Topliss-reactive ketones (excluding diaryl/α,β-unsaturated/α-hetero) is 1. The highest BCUT2D eigenvalue weighted by molar-refractivity contribution is 7.99. The monoisotopic (exact) mass is 614 g/mol. The third-order valence-corrected chi connectivity index (χ3v) is 7.90. The molecule has 8 nitrogen and oxygen atoms in total. The second kappa shape index (κ2) is 13.7. The van der Waals surface area contributed by atoms with Gasteiger partial charge in [0.15, 0.2) is 11.5 Å². The number of hydrogen-bond acceptors (Lipinski definition) is 8. The van der Waals surface area contributed by atoms with Gasteiger partial charge in [0.1, 0.15) is 0 Å². The minimum Gasteiger partial charge on any atom is -0.318 e. The fourth-order valence-corrected chi connectivity index (χ4v) is 5.47. The summed E-state index contributed by atoms with van der Waals surface area (Å²) in [4.78, 5) is 55.6. The minimum atomic E-state index is -0.767. The van der Waals surface area contributed by atoms with Crippen LogP contribution in [0, 0.1) is 17.0 Å². The molecule has 9 heteroatoms. The van der Waals surface area contributed by atoms with Gasteiger partial charge in [0, 0.05) is 39.5 Å². The average Bonchev–Trinajstić information content (AvgIpc) is 3.06. The summed E-state index contributed by atoms with van der Waals surface area (Å²) < 4.78 is 0. The van der Waals surface area contributed by atoms with Crippen molar-refractivity contribution in [2.75, 3.05) is 0 Å². The molecule has 0 spiro atoms. The van der Waals surface area contributed by atoms with E-state index < -0.39 is 16.7 Å². The maximum Gasteiger partial charge on any atom is 0.332 e. The van der Waals surface area contributed by atoms with Crippen LogP contribution in [0.1, 0.15) is 44.3 Å². The quantitative estimate of drug-likeness (QED) is 0.0513. The van der Waals surface area contributed by atoms with Crippen LogP contribution in [0.25, 0.3) is 11.1 Å². The van der Waals surface area contributed by atoms with E-state index in [-0.39, 0.29) is 28.3 Å². The van der Waals surface area contributed by atoms with Crippen molar-refractivity contribution in [1.29, 1.82) is 0 Å². The standard InChI is InChI=1S/C36H26N2O6S/c1-23-7-6-10-32(38(42)43)33(23)34(37-44-24(2)39)36(41)29-17-21-31(22-18-29)45-30-19-15-28(16-20-30)35(40)27-13-11-26(12-14-27)25-8-4-3-5-9-25/h3-22H,1-2H3/b37-34+. The molecule has 5 aromatic carbocycles. The van der Waals surface area contributed by atoms with Crippen molar-refractivity contribution in [1.82, 2.24) is 0 Å². The largest absolute Gasteiger partial charge is 0.332 e. The highest BCUT2D eigenvalue weighted by Gasteiger charge is 2.27. The third-order valence-electron chi connectivity index (χ3n) is 6.89. The van der Waals surface area contributed by atoms with Gasteiger partial charge in [-0.05, 0) is 72.1 Å². The number of benzene rings is 5. The number of nitrogens with zero attached hydrogens (tertiary/aromatic N) is 2. The molecule has 222 valence electrons. The van der Waals surface area contributed by atoms with E-state index in [4.69, 9.17) is 4.84 Å². The Balaban J connectivity index is 1.30. The zero-order chi connectivity index (χ0) is 31.9. The normalized spacial score (nSPS) is 11.1. The molecule has 0 aromatic heterocycles. The lowest BCUT2D eigenvalue weighted by Crippen LogP contribution is -2.20. The van der Waals surface area contributed by atoms with E-state index in [1.807, 2.05) is 66.7 Å². The molecule has 0 aliphatic carbocycles. The van der Waals surface area contributed by atoms with Gasteiger partial charge in [-0.15, -0.1) is 0 Å². The van der Waals surface area contributed by atoms with Gasteiger partial charge in [-0.1, -0.05) is 83.6 Å². The van der Waals surface area contributed by atoms with Gasteiger partial charge in [-0.2, -0.15) is 0 Å². The maximum atomic E-state index is 13.5. The summed E-state index contributed by atoms with van der Waals surface area (Å²) in [7, 11) is 0. The summed E-state index contributed by atoms with van der Waals surface area (Å²) in [6, 6.07) is 35.8. The zero-order valence-electron chi connectivity index (χ0n) is 24.3. The number of carbonyl (C=O) groups is 3. The number of hydrogen-bond donors (Lipinski definition) is 0. The number of ketones is 2. The van der Waals surface area contributed by atoms with Crippen molar-refractivity contribution >= 4 is 40.7 Å². The molecule has 0 fully saturated rings. The van der Waals surface area contributed by atoms with Gasteiger partial charge in [-0.25, -0.2) is 4.79 Å². The fourth-order valence-electron chi connectivity index (χ4n) is 4.66. The Morgan fingerprint density at radius 3 is 1.78 bits per heavy atom. The molecular weight excluding hydrogens is 588 g/mol. The zero-order valence-corrected chi connectivity index (χ0v) is 25.1. The number of rotatable bonds is 10. The number of aryl methyl sites for hydroxylation is 1. The van der Waals surface area contributed by atoms with Gasteiger partial charge in [-0.3, -0.25) is 19.7 Å². The minimum absolute atomic E-state index is 0.0195. The molecule has 0 N–H and O–H groups in total. The van der Waals surface area contributed by atoms with E-state index >= 15 is 0 Å². The number of oxime groups is 1. The van der Waals surface area contributed by atoms with Crippen LogP contribution in [0.3, 0.4) is 0 Å². The van der Waals surface area contributed by atoms with Crippen molar-refractivity contribution in [3.63, 3.8) is 0 Å². The summed E-state index contributed by atoms with van der Waals surface area (Å²) in [5, 5.41) is 15.4. The van der Waals surface area contributed by atoms with Crippen molar-refractivity contribution in [2.24, 2.45) is 5.16 Å². The van der Waals surface area contributed by atoms with Crippen LogP contribution in [0.4, 0.5) is 5.69 Å². The van der Waals surface area contributed by atoms with E-state index in [1.54, 1.807) is 49.4 Å². The molecule has 0 heterocycles. The Bertz CT molecular complexity index is 1920. The van der Waals surface area contributed by atoms with Crippen molar-refractivity contribution < 1.29 is 24.1 Å². The van der Waals surface area contributed by atoms with Crippen LogP contribution >= 0.6 is 11.8 Å². The smallest absolute Gasteiger partial charge is 0.318 e. The lowest BCUT2D eigenvalue weighted by Gasteiger charge is -2.10. The molecule has 0 saturated heterocycles. The predicted octanol–water partition coefficient (Wildman–Crippen LogP) is 8.10. The Labute approximate surface area is 263 Å². The molecular formula is C36H26N2O6S. The second-order valence-electron chi connectivity index (χ2n) is 10.0. The van der Waals surface area contributed by atoms with E-state index in [1.165, 1.54) is 23.9 Å². The van der Waals surface area contributed by atoms with Gasteiger partial charge in [0.05, 0.1) is 10.5 Å². The fraction of sp³-hybridized carbons (Fsp3) is 0.0556. The van der Waals surface area contributed by atoms with E-state index in [9.17, 15) is 24.5 Å². The molecule has 0 bridgehead atoms. The summed E-state index contributed by atoms with van der Waals surface area (Å²) in [6.07, 6.45) is 0. The molecule has 45 heavy (non-hydrogen) atoms. The van der Waals surface area contributed by atoms with Crippen LogP contribution < -0.4 is 0 Å². The predicted molar refractivity (Wildman–Crippen MR) is 173 cm³/mol. The molecule has 0 aliphatic rings. The highest BCUT2D eigenvalue weighted by atomic mass is 32.2. The first-order valence-electron chi connectivity index (χ1n) is 13.8. The SMILES string of the molecule is CC(=O)O/N=C(/C(=O)c1ccc(Sc2ccc(C(=O)c3ccc(-c4ccccc4)cc3)cc2)cc1)c1c(C)cccc1[N+](=O)[O-]. The lowest BCUT2D eigenvalue weighted by molar-refractivity contribution is -0.385. The first-order valence-corrected chi connectivity index (χ1v) is 14.7. The molecule has 5 aromatic rings. The molecule has 0 amide bonds. The van der Waals surface area contributed by atoms with Crippen molar-refractivity contribution in [3.05, 3.63) is 159 Å². The summed E-state index contributed by atoms with van der Waals surface area (Å²) in [5.41, 5.74) is 3.24. The van der Waals surface area contributed by atoms with Crippen molar-refractivity contribution in [3.8, 4) is 11.1 Å². The molecule has 0 unspecified atom stereocenters. The number of nitro benzene ring substituents is 1. The summed E-state index contributed by atoms with van der Waals surface area (Å²) in [5.74, 6) is -1.48. The molecule has 5 rings (SSSR count). The highest BCUT2D eigenvalue weighted by Crippen LogP contribution is 2.30. The lowest BCUT2D eigenvalue weighted by atomic mass is 9.96. The van der Waals surface area contributed by atoms with Gasteiger partial charge < -0.3 is 4.84 Å². The van der Waals surface area contributed by atoms with E-state index in [2.05, 4.69) is 5.16 Å². The molecule has 0 radical (unpaired) electrons. The molecule has 0 atom stereocenters. The summed E-state index contributed by atoms with van der Waals surface area (Å²) in [6.45, 7) is 2.73. The van der Waals surface area contributed by atoms with E-state index in [0.717, 1.165) is 27.8 Å². The third kappa shape index (κ3) is 7.29. The number of nitro groups is 1. The topological polar surface area (TPSA) is 116 Å². The van der Waals surface area contributed by atoms with Crippen LogP contribution in [-0.2, 0) is 9.63 Å². The molecule has 0 saturated carbocycles. The number of carbonyl (C=O) groups excluding carboxylic acids is 3. The Morgan fingerprint density at radius 2 is 1.22 bits per heavy atom. The molecule has 0 aliphatic heterocycles. The van der Waals surface area contributed by atoms with E-state index in [0.29, 0.717) is 16.7 Å². The average molecular weight is 615 g/mol. The maximum absolute atomic E-state index is 13.5. The Morgan fingerprint density at radius 1 is 0.689 bits per heavy atom. The second-order valence-corrected chi connectivity index (χ2v) is 11.1. The summed E-state index contributed by atoms with van der Waals surface area (Å²) >= 11 is 1.44. The Kier molecular flexibility index (Phi) is 9.40.